The van der Waals surface area contributed by atoms with Crippen molar-refractivity contribution in [2.24, 2.45) is 0 Å². The van der Waals surface area contributed by atoms with Gasteiger partial charge in [0.05, 0.1) is 0 Å². The van der Waals surface area contributed by atoms with Crippen LogP contribution in [0.15, 0.2) is 24.5 Å². The van der Waals surface area contributed by atoms with Crippen molar-refractivity contribution in [2.45, 2.75) is 44.7 Å². The number of hydrogen-bond acceptors (Lipinski definition) is 4. The maximum Gasteiger partial charge on any atom is 0.229 e. The average molecular weight is 301 g/mol. The van der Waals surface area contributed by atoms with Crippen LogP contribution in [0.1, 0.15) is 37.7 Å². The predicted molar refractivity (Wildman–Crippen MR) is 78.4 cm³/mol. The van der Waals surface area contributed by atoms with E-state index >= 15 is 0 Å². The lowest BCUT2D eigenvalue weighted by Gasteiger charge is -2.23. The van der Waals surface area contributed by atoms with E-state index in [4.69, 9.17) is 0 Å². The molecule has 1 aromatic rings. The monoisotopic (exact) mass is 301 g/mol. The molecule has 1 saturated heterocycles. The Hall–Kier alpha value is -2.24. The molecule has 2 aliphatic rings. The summed E-state index contributed by atoms with van der Waals surface area (Å²) in [5.74, 6) is -0.318. The molecule has 2 fully saturated rings. The third-order valence-electron chi connectivity index (χ3n) is 4.11. The van der Waals surface area contributed by atoms with E-state index in [-0.39, 0.29) is 43.5 Å². The van der Waals surface area contributed by atoms with Crippen molar-refractivity contribution in [3.63, 3.8) is 0 Å². The molecule has 1 aliphatic heterocycles. The summed E-state index contributed by atoms with van der Waals surface area (Å²) in [6.45, 7) is 0.768. The number of aromatic nitrogens is 1. The fraction of sp³-hybridized carbons (Fsp3) is 0.500. The summed E-state index contributed by atoms with van der Waals surface area (Å²) in [6.07, 6.45) is 6.24. The van der Waals surface area contributed by atoms with Crippen LogP contribution in [0, 0.1) is 0 Å². The van der Waals surface area contributed by atoms with Crippen LogP contribution in [-0.4, -0.2) is 45.1 Å². The van der Waals surface area contributed by atoms with Gasteiger partial charge in [0.15, 0.2) is 0 Å². The van der Waals surface area contributed by atoms with Crippen molar-refractivity contribution in [3.05, 3.63) is 30.1 Å². The number of nitrogens with zero attached hydrogens (tertiary/aromatic N) is 3. The van der Waals surface area contributed by atoms with E-state index in [9.17, 15) is 14.4 Å². The molecule has 6 nitrogen and oxygen atoms in total. The van der Waals surface area contributed by atoms with Gasteiger partial charge in [-0.05, 0) is 30.5 Å². The van der Waals surface area contributed by atoms with Crippen LogP contribution in [0.3, 0.4) is 0 Å². The minimum atomic E-state index is -0.162. The summed E-state index contributed by atoms with van der Waals surface area (Å²) >= 11 is 0. The molecule has 0 spiro atoms. The Balaban J connectivity index is 1.58. The molecular weight excluding hydrogens is 282 g/mol. The second-order valence-corrected chi connectivity index (χ2v) is 5.80. The molecule has 1 aliphatic carbocycles. The Bertz CT molecular complexity index is 568. The first-order chi connectivity index (χ1) is 10.6. The molecule has 0 unspecified atom stereocenters. The zero-order valence-corrected chi connectivity index (χ0v) is 12.4. The maximum absolute atomic E-state index is 12.5. The third kappa shape index (κ3) is 3.32. The molecule has 1 saturated carbocycles. The van der Waals surface area contributed by atoms with Crippen LogP contribution in [0.4, 0.5) is 0 Å². The zero-order valence-electron chi connectivity index (χ0n) is 12.4. The normalized spacial score (nSPS) is 17.9. The number of carbonyl (C=O) groups is 3. The number of pyridine rings is 1. The summed E-state index contributed by atoms with van der Waals surface area (Å²) in [6, 6.07) is 4.09. The van der Waals surface area contributed by atoms with Crippen LogP contribution < -0.4 is 0 Å². The molecule has 0 N–H and O–H groups in total. The van der Waals surface area contributed by atoms with Gasteiger partial charge in [-0.1, -0.05) is 0 Å². The van der Waals surface area contributed by atoms with Gasteiger partial charge >= 0.3 is 0 Å². The second kappa shape index (κ2) is 6.25. The predicted octanol–water partition coefficient (Wildman–Crippen LogP) is 1.11. The molecule has 116 valence electrons. The van der Waals surface area contributed by atoms with E-state index in [1.54, 1.807) is 12.4 Å². The highest BCUT2D eigenvalue weighted by molar-refractivity contribution is 6.02. The Labute approximate surface area is 129 Å². The highest BCUT2D eigenvalue weighted by atomic mass is 16.2. The molecule has 0 bridgehead atoms. The first kappa shape index (κ1) is 14.7. The van der Waals surface area contributed by atoms with Gasteiger partial charge in [-0.25, -0.2) is 0 Å². The Morgan fingerprint density at radius 2 is 1.82 bits per heavy atom. The first-order valence-electron chi connectivity index (χ1n) is 7.66. The van der Waals surface area contributed by atoms with Gasteiger partial charge in [0, 0.05) is 50.8 Å². The van der Waals surface area contributed by atoms with Gasteiger partial charge in [0.2, 0.25) is 17.7 Å². The topological polar surface area (TPSA) is 70.6 Å². The lowest BCUT2D eigenvalue weighted by Crippen LogP contribution is -2.37. The molecule has 3 rings (SSSR count). The van der Waals surface area contributed by atoms with Gasteiger partial charge in [-0.3, -0.25) is 24.3 Å². The molecule has 1 aromatic heterocycles. The quantitative estimate of drug-likeness (QED) is 0.738. The largest absolute Gasteiger partial charge is 0.335 e. The minimum absolute atomic E-state index is 0.00631. The Morgan fingerprint density at radius 3 is 2.41 bits per heavy atom. The van der Waals surface area contributed by atoms with Crippen molar-refractivity contribution in [1.82, 2.24) is 14.8 Å². The first-order valence-corrected chi connectivity index (χ1v) is 7.66. The van der Waals surface area contributed by atoms with E-state index < -0.39 is 0 Å². The minimum Gasteiger partial charge on any atom is -0.335 e. The number of carbonyl (C=O) groups excluding carboxylic acids is 3. The summed E-state index contributed by atoms with van der Waals surface area (Å²) in [5, 5.41) is 0. The molecule has 0 atom stereocenters. The summed E-state index contributed by atoms with van der Waals surface area (Å²) in [4.78, 5) is 42.7. The second-order valence-electron chi connectivity index (χ2n) is 5.80. The van der Waals surface area contributed by atoms with Gasteiger partial charge < -0.3 is 4.90 Å². The number of amides is 3. The summed E-state index contributed by atoms with van der Waals surface area (Å²) < 4.78 is 0. The number of rotatable bonds is 6. The molecule has 3 amide bonds. The van der Waals surface area contributed by atoms with E-state index in [0.717, 1.165) is 18.4 Å². The molecule has 6 heteroatoms. The molecule has 0 aromatic carbocycles. The zero-order chi connectivity index (χ0) is 15.5. The van der Waals surface area contributed by atoms with E-state index in [0.29, 0.717) is 12.6 Å². The molecule has 2 heterocycles. The summed E-state index contributed by atoms with van der Waals surface area (Å²) in [7, 11) is 0. The van der Waals surface area contributed by atoms with Gasteiger partial charge in [0.1, 0.15) is 0 Å². The fourth-order valence-corrected chi connectivity index (χ4v) is 2.72. The van der Waals surface area contributed by atoms with Gasteiger partial charge in [-0.2, -0.15) is 0 Å². The van der Waals surface area contributed by atoms with E-state index in [1.165, 1.54) is 4.90 Å². The SMILES string of the molecule is O=C1CCC(=O)N1CCC(=O)N(Cc1ccncc1)C1CC1. The fourth-order valence-electron chi connectivity index (χ4n) is 2.72. The highest BCUT2D eigenvalue weighted by Crippen LogP contribution is 2.29. The number of hydrogen-bond donors (Lipinski definition) is 0. The lowest BCUT2D eigenvalue weighted by atomic mass is 10.2. The molecule has 0 radical (unpaired) electrons. The van der Waals surface area contributed by atoms with Crippen molar-refractivity contribution in [1.29, 1.82) is 0 Å². The Kier molecular flexibility index (Phi) is 4.18. The van der Waals surface area contributed by atoms with Crippen LogP contribution in [0.25, 0.3) is 0 Å². The van der Waals surface area contributed by atoms with Crippen molar-refractivity contribution in [3.8, 4) is 0 Å². The highest BCUT2D eigenvalue weighted by Gasteiger charge is 2.34. The molecular formula is C16H19N3O3. The van der Waals surface area contributed by atoms with Crippen molar-refractivity contribution in [2.75, 3.05) is 6.54 Å². The Morgan fingerprint density at radius 1 is 1.18 bits per heavy atom. The summed E-state index contributed by atoms with van der Waals surface area (Å²) in [5.41, 5.74) is 1.04. The standard InChI is InChI=1S/C16H19N3O3/c20-14-3-4-15(21)18(14)10-7-16(22)19(13-1-2-13)11-12-5-8-17-9-6-12/h5-6,8-9,13H,1-4,7,10-11H2. The number of likely N-dealkylation sites (tertiary alicyclic amines) is 1. The third-order valence-corrected chi connectivity index (χ3v) is 4.11. The average Bonchev–Trinajstić information content (AvgIpc) is 3.31. The maximum atomic E-state index is 12.5. The number of imide groups is 1. The van der Waals surface area contributed by atoms with E-state index in [1.807, 2.05) is 17.0 Å². The van der Waals surface area contributed by atoms with Gasteiger partial charge in [-0.15, -0.1) is 0 Å². The lowest BCUT2D eigenvalue weighted by molar-refractivity contribution is -0.139. The van der Waals surface area contributed by atoms with Crippen molar-refractivity contribution >= 4 is 17.7 Å². The van der Waals surface area contributed by atoms with E-state index in [2.05, 4.69) is 4.98 Å². The molecule has 22 heavy (non-hydrogen) atoms. The van der Waals surface area contributed by atoms with Crippen molar-refractivity contribution < 1.29 is 14.4 Å². The van der Waals surface area contributed by atoms with Crippen LogP contribution in [0.2, 0.25) is 0 Å². The van der Waals surface area contributed by atoms with Crippen LogP contribution >= 0.6 is 0 Å². The van der Waals surface area contributed by atoms with Gasteiger partial charge in [0.25, 0.3) is 0 Å². The van der Waals surface area contributed by atoms with Crippen LogP contribution in [0.5, 0.6) is 0 Å². The van der Waals surface area contributed by atoms with Crippen LogP contribution in [-0.2, 0) is 20.9 Å². The smallest absolute Gasteiger partial charge is 0.229 e.